The standard InChI is InChI=1S/C41H55FN4O3/c1-27-37-21-33(41(37,3)4)22-38(27)43-40(48)39-36(28(2)47)26-49-46(39)24-30-11-9-10-29(20-30)23-45(19-18-44(5)6)25-32-12-7-8-13-35(32)31-14-16-34(42)17-15-31/h7-17,20,27-28,33,36-39,47H,18-19,21-26H2,1-6H3,(H,43,48)/t27-,28-,33+,36-,37-,38-,39-/m0/s1. The predicted octanol–water partition coefficient (Wildman–Crippen LogP) is 6.36. The SMILES string of the molecule is C[C@@H]1[C@@H](NC(=O)[C@@H]2[C@H]([C@H](C)O)CON2Cc2cccc(CN(CCN(C)C)Cc3ccccc3-c3ccc(F)cc3)c2)C[C@H]2C[C@@H]1C2(C)C. The Kier molecular flexibility index (Phi) is 10.9. The number of halogens is 1. The molecule has 7 nitrogen and oxygen atoms in total. The molecule has 1 saturated heterocycles. The zero-order valence-electron chi connectivity index (χ0n) is 30.1. The minimum atomic E-state index is -0.661. The van der Waals surface area contributed by atoms with Gasteiger partial charge in [-0.25, -0.2) is 4.39 Å². The number of nitrogens with zero attached hydrogens (tertiary/aromatic N) is 3. The number of aliphatic hydroxyl groups excluding tert-OH is 1. The lowest BCUT2D eigenvalue weighted by Gasteiger charge is -2.62. The Balaban J connectivity index is 1.16. The van der Waals surface area contributed by atoms with E-state index in [0.717, 1.165) is 49.3 Å². The van der Waals surface area contributed by atoms with Crippen molar-refractivity contribution in [1.29, 1.82) is 0 Å². The lowest BCUT2D eigenvalue weighted by molar-refractivity contribution is -0.161. The van der Waals surface area contributed by atoms with Gasteiger partial charge in [-0.3, -0.25) is 14.5 Å². The fourth-order valence-electron chi connectivity index (χ4n) is 8.68. The Morgan fingerprint density at radius 1 is 1.02 bits per heavy atom. The summed E-state index contributed by atoms with van der Waals surface area (Å²) >= 11 is 0. The number of amides is 1. The predicted molar refractivity (Wildman–Crippen MR) is 192 cm³/mol. The molecule has 3 aliphatic carbocycles. The van der Waals surface area contributed by atoms with Gasteiger partial charge in [0.1, 0.15) is 11.9 Å². The second-order valence-corrected chi connectivity index (χ2v) is 15.8. The number of benzene rings is 3. The Morgan fingerprint density at radius 2 is 1.76 bits per heavy atom. The average molecular weight is 671 g/mol. The lowest BCUT2D eigenvalue weighted by atomic mass is 9.45. The molecule has 1 heterocycles. The largest absolute Gasteiger partial charge is 0.393 e. The summed E-state index contributed by atoms with van der Waals surface area (Å²) in [5.74, 6) is 1.15. The quantitative estimate of drug-likeness (QED) is 0.221. The number of likely N-dealkylation sites (N-methyl/N-ethyl adjacent to an activating group) is 1. The second kappa shape index (κ2) is 15.0. The van der Waals surface area contributed by atoms with Gasteiger partial charge >= 0.3 is 0 Å². The number of hydroxylamine groups is 2. The number of hydrogen-bond donors (Lipinski definition) is 2. The summed E-state index contributed by atoms with van der Waals surface area (Å²) in [6, 6.07) is 23.2. The van der Waals surface area contributed by atoms with E-state index in [1.807, 2.05) is 18.2 Å². The van der Waals surface area contributed by atoms with Crippen molar-refractivity contribution in [3.05, 3.63) is 95.3 Å². The highest BCUT2D eigenvalue weighted by molar-refractivity contribution is 5.82. The van der Waals surface area contributed by atoms with Crippen LogP contribution in [0.3, 0.4) is 0 Å². The first kappa shape index (κ1) is 35.7. The van der Waals surface area contributed by atoms with E-state index in [9.17, 15) is 14.3 Å². The van der Waals surface area contributed by atoms with Gasteiger partial charge in [-0.2, -0.15) is 5.06 Å². The first-order chi connectivity index (χ1) is 23.4. The normalized spacial score (nSPS) is 26.9. The fraction of sp³-hybridized carbons (Fsp3) is 0.537. The van der Waals surface area contributed by atoms with Gasteiger partial charge < -0.3 is 15.3 Å². The fourth-order valence-corrected chi connectivity index (χ4v) is 8.68. The van der Waals surface area contributed by atoms with E-state index in [-0.39, 0.29) is 23.7 Å². The van der Waals surface area contributed by atoms with Crippen LogP contribution in [0.2, 0.25) is 0 Å². The third-order valence-electron chi connectivity index (χ3n) is 11.9. The molecule has 49 heavy (non-hydrogen) atoms. The molecule has 7 atom stereocenters. The molecule has 0 unspecified atom stereocenters. The molecule has 8 heteroatoms. The van der Waals surface area contributed by atoms with Crippen LogP contribution < -0.4 is 5.32 Å². The van der Waals surface area contributed by atoms with Crippen LogP contribution in [0, 0.1) is 34.9 Å². The van der Waals surface area contributed by atoms with Crippen LogP contribution >= 0.6 is 0 Å². The highest BCUT2D eigenvalue weighted by Gasteiger charge is 2.57. The van der Waals surface area contributed by atoms with Crippen molar-refractivity contribution in [2.75, 3.05) is 33.8 Å². The van der Waals surface area contributed by atoms with E-state index in [0.29, 0.717) is 36.3 Å². The van der Waals surface area contributed by atoms with Gasteiger partial charge in [0.2, 0.25) is 5.91 Å². The zero-order chi connectivity index (χ0) is 34.9. The van der Waals surface area contributed by atoms with Crippen molar-refractivity contribution in [3.63, 3.8) is 0 Å². The highest BCUT2D eigenvalue weighted by atomic mass is 19.1. The summed E-state index contributed by atoms with van der Waals surface area (Å²) in [6.45, 7) is 12.9. The minimum absolute atomic E-state index is 0.0369. The summed E-state index contributed by atoms with van der Waals surface area (Å²) in [6.07, 6.45) is 1.62. The smallest absolute Gasteiger partial charge is 0.240 e. The molecule has 2 bridgehead atoms. The van der Waals surface area contributed by atoms with Crippen molar-refractivity contribution in [2.24, 2.45) is 29.1 Å². The van der Waals surface area contributed by atoms with Crippen LogP contribution in [-0.4, -0.2) is 77.9 Å². The molecule has 0 radical (unpaired) electrons. The number of carbonyl (C=O) groups is 1. The van der Waals surface area contributed by atoms with Crippen molar-refractivity contribution < 1.29 is 19.1 Å². The summed E-state index contributed by atoms with van der Waals surface area (Å²) < 4.78 is 13.7. The van der Waals surface area contributed by atoms with Crippen LogP contribution in [0.4, 0.5) is 4.39 Å². The van der Waals surface area contributed by atoms with Crippen LogP contribution in [0.15, 0.2) is 72.8 Å². The molecule has 0 spiro atoms. The van der Waals surface area contributed by atoms with Gasteiger partial charge in [0.25, 0.3) is 0 Å². The Hall–Kier alpha value is -3.14. The molecule has 1 aliphatic heterocycles. The third-order valence-corrected chi connectivity index (χ3v) is 11.9. The Morgan fingerprint density at radius 3 is 2.45 bits per heavy atom. The van der Waals surface area contributed by atoms with E-state index in [1.54, 1.807) is 12.0 Å². The third kappa shape index (κ3) is 7.94. The van der Waals surface area contributed by atoms with Crippen LogP contribution in [-0.2, 0) is 29.3 Å². The number of fused-ring (bicyclic) bond motifs is 2. The molecule has 3 aromatic carbocycles. The second-order valence-electron chi connectivity index (χ2n) is 15.8. The van der Waals surface area contributed by atoms with E-state index < -0.39 is 12.1 Å². The average Bonchev–Trinajstić information content (AvgIpc) is 3.49. The first-order valence-corrected chi connectivity index (χ1v) is 18.1. The molecule has 264 valence electrons. The molecule has 2 N–H and O–H groups in total. The van der Waals surface area contributed by atoms with Gasteiger partial charge in [0.05, 0.1) is 19.3 Å². The molecule has 3 aromatic rings. The van der Waals surface area contributed by atoms with Crippen molar-refractivity contribution in [3.8, 4) is 11.1 Å². The summed E-state index contributed by atoms with van der Waals surface area (Å²) in [5.41, 5.74) is 5.91. The maximum atomic E-state index is 13.9. The lowest BCUT2D eigenvalue weighted by Crippen LogP contribution is -2.62. The summed E-state index contributed by atoms with van der Waals surface area (Å²) in [7, 11) is 4.18. The summed E-state index contributed by atoms with van der Waals surface area (Å²) in [4.78, 5) is 24.7. The van der Waals surface area contributed by atoms with E-state index in [2.05, 4.69) is 92.4 Å². The van der Waals surface area contributed by atoms with E-state index in [4.69, 9.17) is 4.84 Å². The molecule has 7 rings (SSSR count). The van der Waals surface area contributed by atoms with Gasteiger partial charge in [0, 0.05) is 38.1 Å². The molecule has 3 saturated carbocycles. The Labute approximate surface area is 292 Å². The van der Waals surface area contributed by atoms with Gasteiger partial charge in [0.15, 0.2) is 0 Å². The molecule has 4 fully saturated rings. The topological polar surface area (TPSA) is 68.3 Å². The summed E-state index contributed by atoms with van der Waals surface area (Å²) in [5, 5.41) is 15.9. The Bertz CT molecular complexity index is 1580. The van der Waals surface area contributed by atoms with Crippen molar-refractivity contribution >= 4 is 5.91 Å². The van der Waals surface area contributed by atoms with Gasteiger partial charge in [-0.05, 0) is 97.0 Å². The molecule has 0 aromatic heterocycles. The minimum Gasteiger partial charge on any atom is -0.393 e. The van der Waals surface area contributed by atoms with E-state index in [1.165, 1.54) is 29.7 Å². The number of rotatable bonds is 13. The molecule has 1 amide bonds. The molecule has 4 aliphatic rings. The zero-order valence-corrected chi connectivity index (χ0v) is 30.1. The highest BCUT2D eigenvalue weighted by Crippen LogP contribution is 2.61. The monoisotopic (exact) mass is 670 g/mol. The van der Waals surface area contributed by atoms with Crippen LogP contribution in [0.1, 0.15) is 57.2 Å². The van der Waals surface area contributed by atoms with E-state index >= 15 is 0 Å². The van der Waals surface area contributed by atoms with Gasteiger partial charge in [-0.1, -0.05) is 81.4 Å². The van der Waals surface area contributed by atoms with Crippen molar-refractivity contribution in [2.45, 2.75) is 78.4 Å². The number of hydrogen-bond acceptors (Lipinski definition) is 6. The first-order valence-electron chi connectivity index (χ1n) is 18.1. The maximum Gasteiger partial charge on any atom is 0.240 e. The molecular weight excluding hydrogens is 615 g/mol. The number of aliphatic hydroxyl groups is 1. The number of nitrogens with one attached hydrogen (secondary N) is 1. The maximum absolute atomic E-state index is 13.9. The number of carbonyl (C=O) groups excluding carboxylic acids is 1. The van der Waals surface area contributed by atoms with Gasteiger partial charge in [-0.15, -0.1) is 0 Å². The van der Waals surface area contributed by atoms with Crippen LogP contribution in [0.5, 0.6) is 0 Å². The van der Waals surface area contributed by atoms with Crippen molar-refractivity contribution in [1.82, 2.24) is 20.2 Å². The molecular formula is C41H55FN4O3. The van der Waals surface area contributed by atoms with Crippen LogP contribution in [0.25, 0.3) is 11.1 Å².